The summed E-state index contributed by atoms with van der Waals surface area (Å²) in [6.07, 6.45) is 7.22. The Morgan fingerprint density at radius 2 is 1.84 bits per heavy atom. The lowest BCUT2D eigenvalue weighted by molar-refractivity contribution is -0.139. The second kappa shape index (κ2) is 12.4. The molecule has 2 heterocycles. The van der Waals surface area contributed by atoms with Crippen molar-refractivity contribution in [2.45, 2.75) is 51.0 Å². The van der Waals surface area contributed by atoms with E-state index >= 15 is 0 Å². The number of nitrogens with zero attached hydrogens (tertiary/aromatic N) is 2. The van der Waals surface area contributed by atoms with Crippen molar-refractivity contribution in [2.75, 3.05) is 19.5 Å². The van der Waals surface area contributed by atoms with Crippen LogP contribution in [0, 0.1) is 0 Å². The fraction of sp³-hybridized carbons (Fsp3) is 0.345. The number of thiazole rings is 1. The first-order valence-electron chi connectivity index (χ1n) is 12.5. The van der Waals surface area contributed by atoms with Crippen molar-refractivity contribution in [2.24, 2.45) is 4.99 Å². The molecule has 0 fully saturated rings. The normalized spacial score (nSPS) is 15.4. The van der Waals surface area contributed by atoms with E-state index < -0.39 is 12.0 Å². The highest BCUT2D eigenvalue weighted by atomic mass is 32.2. The summed E-state index contributed by atoms with van der Waals surface area (Å²) >= 11 is 2.96. The Kier molecular flexibility index (Phi) is 9.05. The van der Waals surface area contributed by atoms with Crippen LogP contribution in [-0.2, 0) is 9.53 Å². The van der Waals surface area contributed by atoms with Crippen molar-refractivity contribution >= 4 is 35.1 Å². The Hall–Kier alpha value is -3.10. The Bertz CT molecular complexity index is 1450. The third kappa shape index (κ3) is 6.08. The Morgan fingerprint density at radius 1 is 1.11 bits per heavy atom. The zero-order valence-corrected chi connectivity index (χ0v) is 23.3. The van der Waals surface area contributed by atoms with Crippen molar-refractivity contribution in [1.82, 2.24) is 4.57 Å². The van der Waals surface area contributed by atoms with E-state index in [4.69, 9.17) is 9.47 Å². The van der Waals surface area contributed by atoms with Crippen LogP contribution in [0.3, 0.4) is 0 Å². The van der Waals surface area contributed by atoms with Crippen LogP contribution in [0.25, 0.3) is 6.08 Å². The molecule has 0 saturated heterocycles. The summed E-state index contributed by atoms with van der Waals surface area (Å²) in [6, 6.07) is 15.1. The van der Waals surface area contributed by atoms with Crippen molar-refractivity contribution in [3.8, 4) is 5.75 Å². The summed E-state index contributed by atoms with van der Waals surface area (Å²) in [6.45, 7) is 6.68. The van der Waals surface area contributed by atoms with Gasteiger partial charge in [0.2, 0.25) is 0 Å². The van der Waals surface area contributed by atoms with E-state index in [-0.39, 0.29) is 12.2 Å². The highest BCUT2D eigenvalue weighted by Gasteiger charge is 2.33. The molecule has 0 saturated carbocycles. The lowest BCUT2D eigenvalue weighted by Gasteiger charge is -2.24. The lowest BCUT2D eigenvalue weighted by Crippen LogP contribution is -2.39. The minimum Gasteiger partial charge on any atom is -0.494 e. The molecule has 4 rings (SSSR count). The number of thioether (sulfide) groups is 1. The summed E-state index contributed by atoms with van der Waals surface area (Å²) < 4.78 is 13.3. The number of carbonyl (C=O) groups is 1. The van der Waals surface area contributed by atoms with Crippen LogP contribution in [0.4, 0.5) is 0 Å². The number of unbranched alkanes of at least 4 members (excludes halogenated alkanes) is 2. The van der Waals surface area contributed by atoms with Crippen LogP contribution in [0.2, 0.25) is 0 Å². The van der Waals surface area contributed by atoms with Gasteiger partial charge in [-0.3, -0.25) is 9.36 Å². The van der Waals surface area contributed by atoms with Gasteiger partial charge in [0.1, 0.15) is 5.75 Å². The third-order valence-corrected chi connectivity index (χ3v) is 7.87. The lowest BCUT2D eigenvalue weighted by atomic mass is 9.96. The summed E-state index contributed by atoms with van der Waals surface area (Å²) in [5, 5.41) is 0. The first-order chi connectivity index (χ1) is 18.0. The second-order valence-corrected chi connectivity index (χ2v) is 10.6. The molecule has 0 aliphatic carbocycles. The Morgan fingerprint density at radius 3 is 2.49 bits per heavy atom. The number of carbonyl (C=O) groups excluding carboxylic acids is 1. The molecular weight excluding hydrogens is 504 g/mol. The van der Waals surface area contributed by atoms with E-state index in [0.717, 1.165) is 41.0 Å². The van der Waals surface area contributed by atoms with E-state index in [1.54, 1.807) is 30.2 Å². The smallest absolute Gasteiger partial charge is 0.338 e. The number of aromatic nitrogens is 1. The number of benzene rings is 2. The predicted octanol–water partition coefficient (Wildman–Crippen LogP) is 5.09. The summed E-state index contributed by atoms with van der Waals surface area (Å²) in [7, 11) is 0. The van der Waals surface area contributed by atoms with Crippen LogP contribution in [-0.4, -0.2) is 30.0 Å². The maximum absolute atomic E-state index is 13.7. The molecular formula is C29H32N2O4S2. The maximum atomic E-state index is 13.7. The van der Waals surface area contributed by atoms with Crippen LogP contribution in [0.15, 0.2) is 74.5 Å². The zero-order valence-electron chi connectivity index (χ0n) is 21.7. The van der Waals surface area contributed by atoms with Crippen molar-refractivity contribution in [3.63, 3.8) is 0 Å². The van der Waals surface area contributed by atoms with Crippen molar-refractivity contribution in [3.05, 3.63) is 90.6 Å². The molecule has 0 N–H and O–H groups in total. The molecule has 2 aromatic carbocycles. The number of rotatable bonds is 10. The molecule has 37 heavy (non-hydrogen) atoms. The topological polar surface area (TPSA) is 69.9 Å². The molecule has 3 aromatic rings. The molecule has 0 spiro atoms. The van der Waals surface area contributed by atoms with E-state index in [1.807, 2.05) is 60.9 Å². The summed E-state index contributed by atoms with van der Waals surface area (Å²) in [5.74, 6) is 0.365. The number of fused-ring (bicyclic) bond motifs is 1. The van der Waals surface area contributed by atoms with Gasteiger partial charge in [0.25, 0.3) is 5.56 Å². The molecule has 194 valence electrons. The van der Waals surface area contributed by atoms with Gasteiger partial charge in [-0.25, -0.2) is 9.79 Å². The van der Waals surface area contributed by atoms with Crippen LogP contribution in [0.5, 0.6) is 5.75 Å². The van der Waals surface area contributed by atoms with Gasteiger partial charge in [0.05, 0.1) is 35.1 Å². The second-order valence-electron chi connectivity index (χ2n) is 8.70. The standard InChI is InChI=1S/C29H32N2O4S2/c1-5-7-8-17-35-22-13-9-20(10-14-22)18-24-27(32)31-26(21-11-15-23(36-4)16-12-21)25(28(33)34-6-2)19(3)30-29(31)37-24/h9-16,18,26H,5-8,17H2,1-4H3. The van der Waals surface area contributed by atoms with Gasteiger partial charge < -0.3 is 9.47 Å². The third-order valence-electron chi connectivity index (χ3n) is 6.14. The van der Waals surface area contributed by atoms with Gasteiger partial charge in [-0.1, -0.05) is 55.4 Å². The monoisotopic (exact) mass is 536 g/mol. The zero-order chi connectivity index (χ0) is 26.4. The van der Waals surface area contributed by atoms with Gasteiger partial charge in [-0.05, 0) is 68.0 Å². The first-order valence-corrected chi connectivity index (χ1v) is 14.6. The number of esters is 1. The number of allylic oxidation sites excluding steroid dienone is 1. The molecule has 1 aromatic heterocycles. The van der Waals surface area contributed by atoms with E-state index in [2.05, 4.69) is 11.9 Å². The van der Waals surface area contributed by atoms with Crippen LogP contribution in [0.1, 0.15) is 57.2 Å². The molecule has 0 amide bonds. The summed E-state index contributed by atoms with van der Waals surface area (Å²) in [5.41, 5.74) is 2.51. The Labute approximate surface area is 225 Å². The molecule has 6 nitrogen and oxygen atoms in total. The van der Waals surface area contributed by atoms with E-state index in [9.17, 15) is 9.59 Å². The average molecular weight is 537 g/mol. The van der Waals surface area contributed by atoms with Gasteiger partial charge in [-0.2, -0.15) is 0 Å². The molecule has 1 atom stereocenters. The van der Waals surface area contributed by atoms with Crippen molar-refractivity contribution in [1.29, 1.82) is 0 Å². The summed E-state index contributed by atoms with van der Waals surface area (Å²) in [4.78, 5) is 33.0. The first kappa shape index (κ1) is 26.9. The van der Waals surface area contributed by atoms with Gasteiger partial charge in [-0.15, -0.1) is 11.8 Å². The molecule has 1 aliphatic heterocycles. The van der Waals surface area contributed by atoms with Crippen molar-refractivity contribution < 1.29 is 14.3 Å². The van der Waals surface area contributed by atoms with E-state index in [1.165, 1.54) is 11.3 Å². The fourth-order valence-electron chi connectivity index (χ4n) is 4.25. The van der Waals surface area contributed by atoms with Gasteiger partial charge in [0, 0.05) is 4.90 Å². The largest absolute Gasteiger partial charge is 0.494 e. The molecule has 1 aliphatic rings. The minimum absolute atomic E-state index is 0.183. The predicted molar refractivity (Wildman–Crippen MR) is 150 cm³/mol. The quantitative estimate of drug-likeness (QED) is 0.205. The maximum Gasteiger partial charge on any atom is 0.338 e. The molecule has 8 heteroatoms. The highest BCUT2D eigenvalue weighted by Crippen LogP contribution is 2.31. The number of ether oxygens (including phenoxy) is 2. The Balaban J connectivity index is 1.74. The number of hydrogen-bond acceptors (Lipinski definition) is 7. The molecule has 1 unspecified atom stereocenters. The average Bonchev–Trinajstić information content (AvgIpc) is 3.21. The van der Waals surface area contributed by atoms with Crippen LogP contribution < -0.4 is 19.6 Å². The minimum atomic E-state index is -0.604. The fourth-order valence-corrected chi connectivity index (χ4v) is 5.70. The van der Waals surface area contributed by atoms with E-state index in [0.29, 0.717) is 27.2 Å². The molecule has 0 radical (unpaired) electrons. The van der Waals surface area contributed by atoms with Crippen LogP contribution >= 0.6 is 23.1 Å². The number of hydrogen-bond donors (Lipinski definition) is 0. The molecule has 0 bridgehead atoms. The highest BCUT2D eigenvalue weighted by molar-refractivity contribution is 7.98. The van der Waals surface area contributed by atoms with Gasteiger partial charge in [0.15, 0.2) is 4.80 Å². The van der Waals surface area contributed by atoms with Gasteiger partial charge >= 0.3 is 5.97 Å². The SMILES string of the molecule is CCCCCOc1ccc(C=c2sc3n(c2=O)C(c2ccc(SC)cc2)C(C(=O)OCC)=C(C)N=3)cc1.